The molecule has 116 valence electrons. The highest BCUT2D eigenvalue weighted by atomic mass is 16.5. The quantitative estimate of drug-likeness (QED) is 0.778. The SMILES string of the molecule is CCOC(=O)C(C)NC1CCN(CCc2ccccc2)C1. The summed E-state index contributed by atoms with van der Waals surface area (Å²) < 4.78 is 5.03. The van der Waals surface area contributed by atoms with Crippen LogP contribution >= 0.6 is 0 Å². The van der Waals surface area contributed by atoms with Gasteiger partial charge in [0.2, 0.25) is 0 Å². The number of carbonyl (C=O) groups is 1. The van der Waals surface area contributed by atoms with E-state index in [1.807, 2.05) is 13.8 Å². The fourth-order valence-electron chi connectivity index (χ4n) is 2.79. The van der Waals surface area contributed by atoms with Crippen LogP contribution in [0.2, 0.25) is 0 Å². The predicted octanol–water partition coefficient (Wildman–Crippen LogP) is 1.84. The van der Waals surface area contributed by atoms with E-state index in [0.717, 1.165) is 32.5 Å². The number of carbonyl (C=O) groups excluding carboxylic acids is 1. The molecular formula is C17H26N2O2. The molecule has 4 heteroatoms. The van der Waals surface area contributed by atoms with Crippen molar-refractivity contribution < 1.29 is 9.53 Å². The summed E-state index contributed by atoms with van der Waals surface area (Å²) in [6, 6.07) is 10.7. The van der Waals surface area contributed by atoms with Crippen molar-refractivity contribution in [3.63, 3.8) is 0 Å². The molecule has 4 nitrogen and oxygen atoms in total. The summed E-state index contributed by atoms with van der Waals surface area (Å²) in [5.74, 6) is -0.153. The number of esters is 1. The number of hydrogen-bond donors (Lipinski definition) is 1. The standard InChI is InChI=1S/C17H26N2O2/c1-3-21-17(20)14(2)18-16-10-12-19(13-16)11-9-15-7-5-4-6-8-15/h4-8,14,16,18H,3,9-13H2,1-2H3. The van der Waals surface area contributed by atoms with Crippen molar-refractivity contribution >= 4 is 5.97 Å². The van der Waals surface area contributed by atoms with Gasteiger partial charge in [0.15, 0.2) is 0 Å². The number of nitrogens with one attached hydrogen (secondary N) is 1. The van der Waals surface area contributed by atoms with Gasteiger partial charge in [0, 0.05) is 19.1 Å². The molecule has 0 radical (unpaired) electrons. The van der Waals surface area contributed by atoms with Crippen LogP contribution < -0.4 is 5.32 Å². The van der Waals surface area contributed by atoms with Gasteiger partial charge in [-0.25, -0.2) is 0 Å². The molecule has 1 fully saturated rings. The fourth-order valence-corrected chi connectivity index (χ4v) is 2.79. The highest BCUT2D eigenvalue weighted by Gasteiger charge is 2.25. The van der Waals surface area contributed by atoms with Crippen LogP contribution in [0.5, 0.6) is 0 Å². The number of rotatable bonds is 7. The first-order valence-corrected chi connectivity index (χ1v) is 7.88. The van der Waals surface area contributed by atoms with Crippen molar-refractivity contribution in [3.05, 3.63) is 35.9 Å². The van der Waals surface area contributed by atoms with E-state index in [0.29, 0.717) is 12.6 Å². The first kappa shape index (κ1) is 16.0. The van der Waals surface area contributed by atoms with E-state index in [1.54, 1.807) is 0 Å². The smallest absolute Gasteiger partial charge is 0.322 e. The molecule has 2 atom stereocenters. The molecule has 21 heavy (non-hydrogen) atoms. The molecule has 0 saturated carbocycles. The van der Waals surface area contributed by atoms with Crippen LogP contribution in [0.4, 0.5) is 0 Å². The lowest BCUT2D eigenvalue weighted by atomic mass is 10.1. The minimum atomic E-state index is -0.218. The van der Waals surface area contributed by atoms with Crippen LogP contribution in [0.3, 0.4) is 0 Å². The van der Waals surface area contributed by atoms with E-state index in [2.05, 4.69) is 40.5 Å². The molecule has 0 bridgehead atoms. The number of likely N-dealkylation sites (tertiary alicyclic amines) is 1. The molecule has 2 unspecified atom stereocenters. The van der Waals surface area contributed by atoms with Crippen molar-refractivity contribution in [1.82, 2.24) is 10.2 Å². The maximum Gasteiger partial charge on any atom is 0.322 e. The molecule has 1 aliphatic heterocycles. The zero-order valence-electron chi connectivity index (χ0n) is 13.0. The van der Waals surface area contributed by atoms with Crippen molar-refractivity contribution in [2.24, 2.45) is 0 Å². The van der Waals surface area contributed by atoms with E-state index in [-0.39, 0.29) is 12.0 Å². The Kier molecular flexibility index (Phi) is 6.21. The fraction of sp³-hybridized carbons (Fsp3) is 0.588. The second kappa shape index (κ2) is 8.15. The Morgan fingerprint density at radius 3 is 2.90 bits per heavy atom. The Morgan fingerprint density at radius 1 is 1.43 bits per heavy atom. The van der Waals surface area contributed by atoms with Crippen LogP contribution in [0.25, 0.3) is 0 Å². The van der Waals surface area contributed by atoms with E-state index in [1.165, 1.54) is 5.56 Å². The lowest BCUT2D eigenvalue weighted by Crippen LogP contribution is -2.43. The van der Waals surface area contributed by atoms with Crippen LogP contribution in [0.1, 0.15) is 25.8 Å². The summed E-state index contributed by atoms with van der Waals surface area (Å²) in [4.78, 5) is 14.1. The first-order valence-electron chi connectivity index (χ1n) is 7.88. The summed E-state index contributed by atoms with van der Waals surface area (Å²) in [6.07, 6.45) is 2.18. The van der Waals surface area contributed by atoms with Gasteiger partial charge < -0.3 is 15.0 Å². The Labute approximate surface area is 127 Å². The molecule has 1 aromatic carbocycles. The summed E-state index contributed by atoms with van der Waals surface area (Å²) >= 11 is 0. The minimum Gasteiger partial charge on any atom is -0.465 e. The third kappa shape index (κ3) is 5.14. The lowest BCUT2D eigenvalue weighted by Gasteiger charge is -2.19. The molecule has 1 heterocycles. The zero-order valence-corrected chi connectivity index (χ0v) is 13.0. The van der Waals surface area contributed by atoms with Gasteiger partial charge in [0.05, 0.1) is 6.61 Å². The van der Waals surface area contributed by atoms with E-state index in [4.69, 9.17) is 4.74 Å². The average molecular weight is 290 g/mol. The maximum absolute atomic E-state index is 11.6. The Hall–Kier alpha value is -1.39. The molecule has 2 rings (SSSR count). The van der Waals surface area contributed by atoms with Gasteiger partial charge in [0.25, 0.3) is 0 Å². The summed E-state index contributed by atoms with van der Waals surface area (Å²) in [7, 11) is 0. The second-order valence-electron chi connectivity index (χ2n) is 5.66. The van der Waals surface area contributed by atoms with E-state index >= 15 is 0 Å². The Bertz CT molecular complexity index is 436. The summed E-state index contributed by atoms with van der Waals surface area (Å²) in [5.41, 5.74) is 1.38. The molecular weight excluding hydrogens is 264 g/mol. The Balaban J connectivity index is 1.70. The predicted molar refractivity (Wildman–Crippen MR) is 84.2 cm³/mol. The first-order chi connectivity index (χ1) is 10.2. The molecule has 0 amide bonds. The van der Waals surface area contributed by atoms with Crippen LogP contribution in [0, 0.1) is 0 Å². The molecule has 0 aliphatic carbocycles. The molecule has 1 N–H and O–H groups in total. The van der Waals surface area contributed by atoms with Crippen LogP contribution in [-0.2, 0) is 16.0 Å². The Morgan fingerprint density at radius 2 is 2.19 bits per heavy atom. The topological polar surface area (TPSA) is 41.6 Å². The lowest BCUT2D eigenvalue weighted by molar-refractivity contribution is -0.145. The van der Waals surface area contributed by atoms with Gasteiger partial charge in [-0.1, -0.05) is 30.3 Å². The van der Waals surface area contributed by atoms with Crippen molar-refractivity contribution in [3.8, 4) is 0 Å². The highest BCUT2D eigenvalue weighted by Crippen LogP contribution is 2.11. The number of benzene rings is 1. The monoisotopic (exact) mass is 290 g/mol. The van der Waals surface area contributed by atoms with Crippen molar-refractivity contribution in [2.45, 2.75) is 38.8 Å². The largest absolute Gasteiger partial charge is 0.465 e. The van der Waals surface area contributed by atoms with Gasteiger partial charge in [0.1, 0.15) is 6.04 Å². The van der Waals surface area contributed by atoms with Gasteiger partial charge in [-0.05, 0) is 38.8 Å². The molecule has 0 aromatic heterocycles. The second-order valence-corrected chi connectivity index (χ2v) is 5.66. The minimum absolute atomic E-state index is 0.153. The molecule has 1 aliphatic rings. The molecule has 1 saturated heterocycles. The van der Waals surface area contributed by atoms with Gasteiger partial charge in [-0.3, -0.25) is 4.79 Å². The zero-order chi connectivity index (χ0) is 15.1. The van der Waals surface area contributed by atoms with Crippen LogP contribution in [0.15, 0.2) is 30.3 Å². The average Bonchev–Trinajstić information content (AvgIpc) is 2.94. The van der Waals surface area contributed by atoms with E-state index in [9.17, 15) is 4.79 Å². The highest BCUT2D eigenvalue weighted by molar-refractivity contribution is 5.75. The van der Waals surface area contributed by atoms with Gasteiger partial charge in [-0.2, -0.15) is 0 Å². The van der Waals surface area contributed by atoms with Crippen LogP contribution in [-0.4, -0.2) is 49.2 Å². The third-order valence-electron chi connectivity index (χ3n) is 3.96. The van der Waals surface area contributed by atoms with E-state index < -0.39 is 0 Å². The molecule has 1 aromatic rings. The molecule has 0 spiro atoms. The van der Waals surface area contributed by atoms with Crippen molar-refractivity contribution in [2.75, 3.05) is 26.2 Å². The number of hydrogen-bond acceptors (Lipinski definition) is 4. The summed E-state index contributed by atoms with van der Waals surface area (Å²) in [6.45, 7) is 7.35. The maximum atomic E-state index is 11.6. The normalized spacial score (nSPS) is 20.4. The van der Waals surface area contributed by atoms with Gasteiger partial charge in [-0.15, -0.1) is 0 Å². The summed E-state index contributed by atoms with van der Waals surface area (Å²) in [5, 5.41) is 3.38. The third-order valence-corrected chi connectivity index (χ3v) is 3.96. The number of ether oxygens (including phenoxy) is 1. The van der Waals surface area contributed by atoms with Gasteiger partial charge >= 0.3 is 5.97 Å². The van der Waals surface area contributed by atoms with Crippen molar-refractivity contribution in [1.29, 1.82) is 0 Å². The number of nitrogens with zero attached hydrogens (tertiary/aromatic N) is 1.